The van der Waals surface area contributed by atoms with Gasteiger partial charge in [-0.3, -0.25) is 0 Å². The van der Waals surface area contributed by atoms with Gasteiger partial charge in [0.05, 0.1) is 0 Å². The third kappa shape index (κ3) is 17.3. The second kappa shape index (κ2) is 27.3. The van der Waals surface area contributed by atoms with Crippen molar-refractivity contribution in [1.29, 1.82) is 0 Å². The van der Waals surface area contributed by atoms with Gasteiger partial charge in [0.2, 0.25) is 0 Å². The molecule has 1 aliphatic rings. The van der Waals surface area contributed by atoms with Gasteiger partial charge in [-0.15, -0.1) is 0 Å². The molecule has 222 valence electrons. The van der Waals surface area contributed by atoms with Gasteiger partial charge in [0.1, 0.15) is 0 Å². The number of allylic oxidation sites excluding steroid dienone is 4. The average Bonchev–Trinajstić information content (AvgIpc) is 3.11. The first-order valence-electron chi connectivity index (χ1n) is 15.9. The van der Waals surface area contributed by atoms with Crippen molar-refractivity contribution >= 4 is 14.7 Å². The molecule has 0 aliphatic heterocycles. The van der Waals surface area contributed by atoms with E-state index in [1.54, 1.807) is 20.2 Å². The summed E-state index contributed by atoms with van der Waals surface area (Å²) in [5.41, 5.74) is 3.48. The molecule has 1 atom stereocenters. The first kappa shape index (κ1) is 41.6. The monoisotopic (exact) mass is 646 g/mol. The van der Waals surface area contributed by atoms with E-state index < -0.39 is 0 Å². The van der Waals surface area contributed by atoms with Crippen molar-refractivity contribution in [2.45, 2.75) is 149 Å². The quantitative estimate of drug-likeness (QED) is 0.130. The Morgan fingerprint density at radius 2 is 1.05 bits per heavy atom. The van der Waals surface area contributed by atoms with Gasteiger partial charge in [-0.1, -0.05) is 58.3 Å². The van der Waals surface area contributed by atoms with Gasteiger partial charge < -0.3 is 37.2 Å². The molecule has 1 aromatic carbocycles. The Bertz CT molecular complexity index is 763. The molecule has 0 fully saturated rings. The van der Waals surface area contributed by atoms with Crippen LogP contribution in [-0.4, -0.2) is 9.52 Å². The zero-order chi connectivity index (χ0) is 25.8. The Morgan fingerprint density at radius 1 is 0.615 bits per heavy atom. The molecular formula is C34H57Cl3SiTi. The topological polar surface area (TPSA) is 0 Å². The van der Waals surface area contributed by atoms with Crippen molar-refractivity contribution in [2.24, 2.45) is 5.92 Å². The predicted molar refractivity (Wildman–Crippen MR) is 162 cm³/mol. The first-order chi connectivity index (χ1) is 17.7. The van der Waals surface area contributed by atoms with Crippen molar-refractivity contribution < 1.29 is 57.7 Å². The molecule has 39 heavy (non-hydrogen) atoms. The van der Waals surface area contributed by atoms with Crippen LogP contribution in [0.3, 0.4) is 0 Å². The smallest absolute Gasteiger partial charge is 1.00 e. The summed E-state index contributed by atoms with van der Waals surface area (Å²) in [6.45, 7) is 7.09. The standard InChI is InChI=1S/C34H57Si.3ClH.Ti/c1-4-6-8-9-10-11-12-13-14-15-16-17-18-19-20-24-28-33-30(3)29-31(25-7-5-2)34(33)35-32-26-22-21-23-27-32;;;;/h21-23,26-27,33H,4-20,24-25,28,35H2,1-3H3;3*1H;/q;;;;+3/p-3. The van der Waals surface area contributed by atoms with Gasteiger partial charge in [0, 0.05) is 0 Å². The third-order valence-electron chi connectivity index (χ3n) is 8.39. The van der Waals surface area contributed by atoms with Crippen molar-refractivity contribution in [3.63, 3.8) is 0 Å². The minimum Gasteiger partial charge on any atom is -1.00 e. The van der Waals surface area contributed by atoms with Crippen LogP contribution < -0.4 is 42.4 Å². The minimum atomic E-state index is -0.350. The normalized spacial score (nSPS) is 15.1. The van der Waals surface area contributed by atoms with Gasteiger partial charge in [0.25, 0.3) is 0 Å². The summed E-state index contributed by atoms with van der Waals surface area (Å²) in [5, 5.41) is 3.52. The maximum absolute atomic E-state index is 2.45. The van der Waals surface area contributed by atoms with E-state index in [2.05, 4.69) is 71.5 Å². The molecule has 0 bridgehead atoms. The van der Waals surface area contributed by atoms with E-state index in [0.717, 1.165) is 5.92 Å². The number of unbranched alkanes of at least 4 members (excludes halogenated alkanes) is 16. The van der Waals surface area contributed by atoms with Crippen LogP contribution in [0.1, 0.15) is 149 Å². The molecule has 1 aliphatic carbocycles. The third-order valence-corrected chi connectivity index (χ3v) is 11.7. The van der Waals surface area contributed by atoms with E-state index in [0.29, 0.717) is 0 Å². The van der Waals surface area contributed by atoms with Crippen molar-refractivity contribution in [1.82, 2.24) is 0 Å². The largest absolute Gasteiger partial charge is 1.00 e. The Labute approximate surface area is 276 Å². The van der Waals surface area contributed by atoms with E-state index in [-0.39, 0.29) is 46.7 Å². The fraction of sp³-hybridized carbons (Fsp3) is 0.706. The molecule has 0 nitrogen and oxygen atoms in total. The fourth-order valence-electron chi connectivity index (χ4n) is 6.02. The zero-order valence-electron chi connectivity index (χ0n) is 25.4. The number of hydrogen-bond acceptors (Lipinski definition) is 0. The molecule has 0 N–H and O–H groups in total. The molecule has 0 saturated heterocycles. The summed E-state index contributed by atoms with van der Waals surface area (Å²) in [6, 6.07) is 11.4. The number of benzene rings is 1. The van der Waals surface area contributed by atoms with Crippen LogP contribution in [0.25, 0.3) is 0 Å². The molecule has 0 heterocycles. The van der Waals surface area contributed by atoms with Gasteiger partial charge in [-0.05, 0) is 0 Å². The second-order valence-corrected chi connectivity index (χ2v) is 14.2. The van der Waals surface area contributed by atoms with Crippen LogP contribution in [0.2, 0.25) is 0 Å². The minimum absolute atomic E-state index is 0. The van der Waals surface area contributed by atoms with Crippen LogP contribution in [0.5, 0.6) is 0 Å². The molecule has 0 aromatic heterocycles. The summed E-state index contributed by atoms with van der Waals surface area (Å²) in [6.07, 6.45) is 28.6. The molecule has 0 spiro atoms. The van der Waals surface area contributed by atoms with Gasteiger partial charge in [-0.2, -0.15) is 0 Å². The van der Waals surface area contributed by atoms with E-state index in [9.17, 15) is 0 Å². The maximum atomic E-state index is 2.45. The van der Waals surface area contributed by atoms with Crippen LogP contribution in [-0.2, 0) is 20.4 Å². The van der Waals surface area contributed by atoms with Crippen LogP contribution in [0, 0.1) is 5.92 Å². The van der Waals surface area contributed by atoms with Crippen molar-refractivity contribution in [2.75, 3.05) is 0 Å². The van der Waals surface area contributed by atoms with Crippen molar-refractivity contribution in [3.8, 4) is 0 Å². The Kier molecular flexibility index (Phi) is 29.2. The van der Waals surface area contributed by atoms with Crippen LogP contribution in [0.15, 0.2) is 50.6 Å². The zero-order valence-corrected chi connectivity index (χ0v) is 30.7. The molecule has 0 radical (unpaired) electrons. The van der Waals surface area contributed by atoms with Crippen molar-refractivity contribution in [3.05, 3.63) is 50.6 Å². The Hall–Kier alpha value is 0.501. The van der Waals surface area contributed by atoms with E-state index in [4.69, 9.17) is 0 Å². The molecule has 0 amide bonds. The number of hydrogen-bond donors (Lipinski definition) is 0. The second-order valence-electron chi connectivity index (χ2n) is 11.5. The van der Waals surface area contributed by atoms with E-state index in [1.165, 1.54) is 128 Å². The first-order valence-corrected chi connectivity index (χ1v) is 18.1. The van der Waals surface area contributed by atoms with Gasteiger partial charge >= 0.3 is 183 Å². The average molecular weight is 648 g/mol. The summed E-state index contributed by atoms with van der Waals surface area (Å²) < 4.78 is 1.66. The summed E-state index contributed by atoms with van der Waals surface area (Å²) in [4.78, 5) is 0. The fourth-order valence-corrected chi connectivity index (χ4v) is 9.28. The van der Waals surface area contributed by atoms with E-state index in [1.807, 2.05) is 5.20 Å². The summed E-state index contributed by atoms with van der Waals surface area (Å²) in [7, 11) is -0.350. The van der Waals surface area contributed by atoms with Crippen LogP contribution >= 0.6 is 0 Å². The predicted octanol–water partition coefficient (Wildman–Crippen LogP) is 1.04. The Balaban J connectivity index is 0. The van der Waals surface area contributed by atoms with Crippen LogP contribution in [0.4, 0.5) is 0 Å². The molecular weight excluding hydrogens is 591 g/mol. The van der Waals surface area contributed by atoms with E-state index >= 15 is 0 Å². The molecule has 1 aromatic rings. The maximum Gasteiger partial charge on any atom is -1.00 e. The van der Waals surface area contributed by atoms with Gasteiger partial charge in [0.15, 0.2) is 0 Å². The molecule has 5 heteroatoms. The van der Waals surface area contributed by atoms with Gasteiger partial charge in [-0.25, -0.2) is 0 Å². The number of halogens is 3. The molecule has 0 saturated carbocycles. The Morgan fingerprint density at radius 3 is 1.51 bits per heavy atom. The summed E-state index contributed by atoms with van der Waals surface area (Å²) >= 11 is 2.42. The SMILES string of the molecule is CCCCCCCCCCCCCCCCCCC1C(C)=[C]([Ti+3])C(CCCC)=C1[SiH2]c1ccccc1.[Cl-].[Cl-].[Cl-]. The number of rotatable bonds is 22. The molecule has 2 rings (SSSR count). The molecule has 1 unspecified atom stereocenters. The summed E-state index contributed by atoms with van der Waals surface area (Å²) in [5.74, 6) is 0.760.